The molecule has 0 radical (unpaired) electrons. The number of nitrogens with zero attached hydrogens (tertiary/aromatic N) is 4. The summed E-state index contributed by atoms with van der Waals surface area (Å²) in [6.07, 6.45) is 5.68. The van der Waals surface area contributed by atoms with Gasteiger partial charge >= 0.3 is 5.97 Å². The maximum absolute atomic E-state index is 13.3. The summed E-state index contributed by atoms with van der Waals surface area (Å²) >= 11 is 0. The fourth-order valence-corrected chi connectivity index (χ4v) is 8.82. The largest absolute Gasteiger partial charge is 0.481 e. The number of hydrogen-bond acceptors (Lipinski definition) is 13. The van der Waals surface area contributed by atoms with Crippen LogP contribution in [0.25, 0.3) is 10.4 Å². The number of carboxylic acids is 1. The van der Waals surface area contributed by atoms with Gasteiger partial charge in [0.25, 0.3) is 5.91 Å². The van der Waals surface area contributed by atoms with Crippen molar-refractivity contribution in [2.24, 2.45) is 50.3 Å². The van der Waals surface area contributed by atoms with Crippen LogP contribution in [0.3, 0.4) is 0 Å². The highest BCUT2D eigenvalue weighted by Gasteiger charge is 2.55. The topological polar surface area (TPSA) is 414 Å². The van der Waals surface area contributed by atoms with Crippen molar-refractivity contribution in [3.63, 3.8) is 0 Å². The predicted molar refractivity (Wildman–Crippen MR) is 209 cm³/mol. The minimum Gasteiger partial charge on any atom is -0.481 e. The fourth-order valence-electron chi connectivity index (χ4n) is 8.82. The number of guanidine groups is 1. The van der Waals surface area contributed by atoms with Crippen LogP contribution in [-0.4, -0.2) is 126 Å². The Labute approximate surface area is 340 Å². The van der Waals surface area contributed by atoms with Crippen molar-refractivity contribution in [2.45, 2.75) is 113 Å². The van der Waals surface area contributed by atoms with Gasteiger partial charge in [0.1, 0.15) is 24.2 Å². The van der Waals surface area contributed by atoms with Crippen molar-refractivity contribution >= 4 is 53.3 Å². The van der Waals surface area contributed by atoms with Crippen molar-refractivity contribution in [1.82, 2.24) is 31.9 Å². The number of aliphatic carboxylic acids is 1. The third-order valence-electron chi connectivity index (χ3n) is 10.9. The maximum Gasteiger partial charge on any atom is 0.303 e. The zero-order valence-electron chi connectivity index (χ0n) is 33.0. The smallest absolute Gasteiger partial charge is 0.303 e. The lowest BCUT2D eigenvalue weighted by molar-refractivity contribution is -0.139. The zero-order chi connectivity index (χ0) is 43.8. The van der Waals surface area contributed by atoms with Gasteiger partial charge in [-0.1, -0.05) is 5.11 Å². The van der Waals surface area contributed by atoms with E-state index < -0.39 is 104 Å². The first-order valence-corrected chi connectivity index (χ1v) is 19.6. The van der Waals surface area contributed by atoms with Gasteiger partial charge in [0.15, 0.2) is 5.96 Å². The van der Waals surface area contributed by atoms with Crippen LogP contribution in [0.5, 0.6) is 0 Å². The molecule has 0 aliphatic heterocycles. The number of nitrogens with two attached hydrogens (primary N) is 4. The number of nitrogens with one attached hydrogen (secondary N) is 6. The number of azide groups is 1. The number of aliphatic imine (C=N–C) groups is 1. The number of carbonyl (C=O) groups excluding carboxylic acids is 7. The minimum absolute atomic E-state index is 0.0549. The lowest BCUT2D eigenvalue weighted by Gasteiger charge is -2.61. The third-order valence-corrected chi connectivity index (χ3v) is 10.9. The minimum atomic E-state index is -1.78. The van der Waals surface area contributed by atoms with E-state index in [2.05, 4.69) is 41.6 Å². The Morgan fingerprint density at radius 3 is 1.97 bits per heavy atom. The van der Waals surface area contributed by atoms with Gasteiger partial charge in [0.05, 0.1) is 19.7 Å². The monoisotopic (exact) mass is 834 g/mol. The fraction of sp³-hybridized carbons (Fsp3) is 0.743. The third kappa shape index (κ3) is 15.6. The molecule has 24 nitrogen and oxygen atoms in total. The molecule has 4 aliphatic rings. The Bertz CT molecular complexity index is 1640. The summed E-state index contributed by atoms with van der Waals surface area (Å²) in [5.41, 5.74) is 31.1. The highest BCUT2D eigenvalue weighted by molar-refractivity contribution is 6.03. The number of aliphatic hydroxyl groups is 1. The Kier molecular flexibility index (Phi) is 18.3. The van der Waals surface area contributed by atoms with Gasteiger partial charge in [0.2, 0.25) is 35.4 Å². The molecular weight excluding hydrogens is 776 g/mol. The predicted octanol–water partition coefficient (Wildman–Crippen LogP) is -3.67. The van der Waals surface area contributed by atoms with E-state index in [0.717, 1.165) is 38.5 Å². The van der Waals surface area contributed by atoms with Crippen LogP contribution in [0.4, 0.5) is 0 Å². The number of carbonyl (C=O) groups is 8. The molecule has 0 aromatic carbocycles. The van der Waals surface area contributed by atoms with Gasteiger partial charge in [-0.05, 0) is 93.4 Å². The molecule has 0 spiro atoms. The van der Waals surface area contributed by atoms with Gasteiger partial charge in [-0.2, -0.15) is 0 Å². The van der Waals surface area contributed by atoms with Crippen LogP contribution < -0.4 is 54.8 Å². The SMILES string of the molecule is [N-]=[N+]=NCC[C@H](NC(=O)CCC12C[C@@H]3C[C@@H](CC(N)(C3)C1)C2)C(=O)NC(=O)[C@H](CO)NC(=O)[C@H](CCC(=O)O)NC(=O)CNC(=O)[C@H](CCCN=C(N)N)NC(=O)CN. The van der Waals surface area contributed by atoms with Gasteiger partial charge in [-0.25, -0.2) is 0 Å². The van der Waals surface area contributed by atoms with E-state index in [0.29, 0.717) is 18.3 Å². The molecule has 0 heterocycles. The molecule has 4 saturated carbocycles. The second-order valence-corrected chi connectivity index (χ2v) is 15.8. The van der Waals surface area contributed by atoms with Crippen molar-refractivity contribution in [1.29, 1.82) is 0 Å². The average molecular weight is 835 g/mol. The molecule has 2 unspecified atom stereocenters. The number of hydrogen-bond donors (Lipinski definition) is 12. The zero-order valence-corrected chi connectivity index (χ0v) is 33.0. The quantitative estimate of drug-likeness (QED) is 0.0105. The summed E-state index contributed by atoms with van der Waals surface area (Å²) in [7, 11) is 0. The molecule has 4 fully saturated rings. The number of amides is 7. The number of carboxylic acid groups (broad SMARTS) is 1. The van der Waals surface area contributed by atoms with E-state index in [1.165, 1.54) is 0 Å². The lowest BCUT2D eigenvalue weighted by Crippen LogP contribution is -2.60. The molecule has 16 N–H and O–H groups in total. The standard InChI is InChI=1S/C35H58N14O10/c36-15-26(52)45-21(2-1-8-41-33(37)38)29(56)42-16-27(53)46-22(3-4-28(54)55)30(57)47-24(17-50)32(59)48-31(58)23(6-9-43-49-40)44-25(51)5-7-34-11-19-10-20(12-34)14-35(39,13-19)18-34/h19-24,50H,1-18,36,39H2,(H,42,56)(H,44,51)(H,45,52)(H,46,53)(H,47,57)(H,54,55)(H4,37,38,41)(H,48,58,59)/t19-,20+,21-,22-,23-,24-,34?,35?/m0/s1. The van der Waals surface area contributed by atoms with Gasteiger partial charge < -0.3 is 59.7 Å². The normalized spacial score (nSPS) is 23.2. The molecule has 4 aliphatic carbocycles. The first kappa shape index (κ1) is 47.8. The van der Waals surface area contributed by atoms with E-state index >= 15 is 0 Å². The molecule has 59 heavy (non-hydrogen) atoms. The van der Waals surface area contributed by atoms with E-state index in [1.807, 2.05) is 5.32 Å². The van der Waals surface area contributed by atoms with Crippen molar-refractivity contribution < 1.29 is 48.6 Å². The number of imide groups is 1. The second kappa shape index (κ2) is 22.5. The molecule has 8 atom stereocenters. The van der Waals surface area contributed by atoms with Crippen LogP contribution in [0.15, 0.2) is 10.1 Å². The van der Waals surface area contributed by atoms with Crippen LogP contribution in [-0.2, 0) is 38.4 Å². The molecule has 7 amide bonds. The highest BCUT2D eigenvalue weighted by Crippen LogP contribution is 2.62. The Morgan fingerprint density at radius 2 is 1.37 bits per heavy atom. The molecule has 0 saturated heterocycles. The Hall–Kier alpha value is -5.58. The van der Waals surface area contributed by atoms with Gasteiger partial charge in [0, 0.05) is 36.4 Å². The molecule has 4 bridgehead atoms. The van der Waals surface area contributed by atoms with Crippen LogP contribution in [0.1, 0.15) is 83.5 Å². The van der Waals surface area contributed by atoms with Crippen molar-refractivity contribution in [3.8, 4) is 0 Å². The number of aliphatic hydroxyl groups excluding tert-OH is 1. The average Bonchev–Trinajstić information content (AvgIpc) is 3.16. The molecule has 0 aromatic heterocycles. The second-order valence-electron chi connectivity index (χ2n) is 15.8. The van der Waals surface area contributed by atoms with E-state index in [9.17, 15) is 48.6 Å². The summed E-state index contributed by atoms with van der Waals surface area (Å²) in [6.45, 7) is -2.26. The van der Waals surface area contributed by atoms with E-state index in [-0.39, 0.29) is 55.7 Å². The Morgan fingerprint density at radius 1 is 0.763 bits per heavy atom. The van der Waals surface area contributed by atoms with Gasteiger partial charge in [-0.15, -0.1) is 0 Å². The first-order valence-electron chi connectivity index (χ1n) is 19.6. The molecule has 328 valence electrons. The summed E-state index contributed by atoms with van der Waals surface area (Å²) in [6, 6.07) is -5.85. The number of rotatable bonds is 25. The van der Waals surface area contributed by atoms with Crippen LogP contribution in [0, 0.1) is 17.3 Å². The van der Waals surface area contributed by atoms with E-state index in [1.54, 1.807) is 0 Å². The van der Waals surface area contributed by atoms with Crippen molar-refractivity contribution in [3.05, 3.63) is 10.4 Å². The lowest BCUT2D eigenvalue weighted by atomic mass is 9.46. The molecule has 4 rings (SSSR count). The highest BCUT2D eigenvalue weighted by atomic mass is 16.4. The first-order chi connectivity index (χ1) is 27.9. The van der Waals surface area contributed by atoms with Crippen LogP contribution in [0.2, 0.25) is 0 Å². The summed E-state index contributed by atoms with van der Waals surface area (Å²) < 4.78 is 0. The summed E-state index contributed by atoms with van der Waals surface area (Å²) in [4.78, 5) is 108. The maximum atomic E-state index is 13.3. The summed E-state index contributed by atoms with van der Waals surface area (Å²) in [5, 5.41) is 36.4. The molecular formula is C35H58N14O10. The molecule has 0 aromatic rings. The molecule has 24 heteroatoms. The van der Waals surface area contributed by atoms with Crippen LogP contribution >= 0.6 is 0 Å². The summed E-state index contributed by atoms with van der Waals surface area (Å²) in [5.74, 6) is -6.63. The Balaban J connectivity index is 1.59. The van der Waals surface area contributed by atoms with E-state index in [4.69, 9.17) is 28.5 Å². The van der Waals surface area contributed by atoms with Gasteiger partial charge in [-0.3, -0.25) is 48.7 Å². The van der Waals surface area contributed by atoms with Crippen molar-refractivity contribution in [2.75, 3.05) is 32.8 Å².